The molecule has 37 heavy (non-hydrogen) atoms. The monoisotopic (exact) mass is 522 g/mol. The van der Waals surface area contributed by atoms with Crippen molar-refractivity contribution in [3.05, 3.63) is 101 Å². The lowest BCUT2D eigenvalue weighted by atomic mass is 9.84. The Kier molecular flexibility index (Phi) is 5.77. The van der Waals surface area contributed by atoms with Gasteiger partial charge in [-0.1, -0.05) is 6.07 Å². The molecule has 1 nitrogen and oxygen atoms in total. The molecule has 0 spiro atoms. The van der Waals surface area contributed by atoms with E-state index >= 15 is 17.6 Å². The van der Waals surface area contributed by atoms with Gasteiger partial charge in [-0.3, -0.25) is 0 Å². The second kappa shape index (κ2) is 8.72. The molecule has 0 unspecified atom stereocenters. The second-order valence-electron chi connectivity index (χ2n) is 8.04. The van der Waals surface area contributed by atoms with E-state index in [1.165, 1.54) is 0 Å². The van der Waals surface area contributed by atoms with Crippen LogP contribution in [0.2, 0.25) is 0 Å². The maximum atomic E-state index is 15.4. The lowest BCUT2D eigenvalue weighted by Gasteiger charge is -2.20. The lowest BCUT2D eigenvalue weighted by molar-refractivity contribution is 0.407. The number of hydrogen-bond acceptors (Lipinski definition) is 1. The van der Waals surface area contributed by atoms with Crippen molar-refractivity contribution in [2.45, 2.75) is 0 Å². The fraction of sp³-hybridized carbons (Fsp3) is 0.0370. The Balaban J connectivity index is 2.15. The maximum Gasteiger partial charge on any atom is 0.198 e. The van der Waals surface area contributed by atoms with Crippen molar-refractivity contribution in [3.63, 3.8) is 0 Å². The fourth-order valence-corrected chi connectivity index (χ4v) is 4.45. The van der Waals surface area contributed by atoms with Crippen molar-refractivity contribution < 1.29 is 44.3 Å². The van der Waals surface area contributed by atoms with Crippen molar-refractivity contribution >= 4 is 21.5 Å². The van der Waals surface area contributed by atoms with E-state index in [1.807, 2.05) is 0 Å². The normalized spacial score (nSPS) is 11.5. The first-order valence-corrected chi connectivity index (χ1v) is 10.4. The van der Waals surface area contributed by atoms with Crippen LogP contribution in [0.15, 0.2) is 48.5 Å². The number of benzene rings is 5. The van der Waals surface area contributed by atoms with Gasteiger partial charge in [-0.25, -0.2) is 39.5 Å². The average Bonchev–Trinajstić information content (AvgIpc) is 2.85. The molecule has 10 heteroatoms. The Morgan fingerprint density at radius 1 is 0.486 bits per heavy atom. The molecular weight excluding hydrogens is 511 g/mol. The summed E-state index contributed by atoms with van der Waals surface area (Å²) in [5.74, 6) is -15.1. The highest BCUT2D eigenvalue weighted by Crippen LogP contribution is 2.48. The van der Waals surface area contributed by atoms with Crippen LogP contribution in [0.5, 0.6) is 5.75 Å². The van der Waals surface area contributed by atoms with Gasteiger partial charge in [-0.15, -0.1) is 0 Å². The van der Waals surface area contributed by atoms with E-state index in [-0.39, 0.29) is 11.1 Å². The van der Waals surface area contributed by atoms with Crippen molar-refractivity contribution in [2.75, 3.05) is 7.11 Å². The number of rotatable bonds is 3. The predicted molar refractivity (Wildman–Crippen MR) is 119 cm³/mol. The third-order valence-corrected chi connectivity index (χ3v) is 5.99. The average molecular weight is 522 g/mol. The summed E-state index contributed by atoms with van der Waals surface area (Å²) in [5.41, 5.74) is -3.09. The first-order chi connectivity index (χ1) is 17.5. The molecule has 0 fully saturated rings. The van der Waals surface area contributed by atoms with Crippen LogP contribution in [0.25, 0.3) is 43.8 Å². The number of halogens is 9. The predicted octanol–water partition coefficient (Wildman–Crippen LogP) is 8.59. The third kappa shape index (κ3) is 3.66. The molecule has 188 valence electrons. The van der Waals surface area contributed by atoms with Crippen LogP contribution in [0, 0.1) is 52.4 Å². The van der Waals surface area contributed by atoms with E-state index in [2.05, 4.69) is 0 Å². The number of ether oxygens (including phenoxy) is 1. The van der Waals surface area contributed by atoms with Crippen LogP contribution in [-0.4, -0.2) is 7.11 Å². The molecule has 5 rings (SSSR count). The molecule has 0 heterocycles. The van der Waals surface area contributed by atoms with Crippen LogP contribution in [0.3, 0.4) is 0 Å². The Morgan fingerprint density at radius 2 is 1.03 bits per heavy atom. The molecule has 0 aromatic heterocycles. The summed E-state index contributed by atoms with van der Waals surface area (Å²) >= 11 is 0. The number of hydrogen-bond donors (Lipinski definition) is 0. The molecule has 0 amide bonds. The number of fused-ring (bicyclic) bond motifs is 2. The van der Waals surface area contributed by atoms with Gasteiger partial charge in [0.15, 0.2) is 23.3 Å². The minimum atomic E-state index is -2.32. The topological polar surface area (TPSA) is 9.23 Å². The van der Waals surface area contributed by atoms with Gasteiger partial charge in [-0.2, -0.15) is 0 Å². The van der Waals surface area contributed by atoms with E-state index in [1.54, 1.807) is 0 Å². The third-order valence-electron chi connectivity index (χ3n) is 5.99. The molecule has 0 saturated carbocycles. The largest absolute Gasteiger partial charge is 0.497 e. The first-order valence-electron chi connectivity index (χ1n) is 10.4. The molecule has 0 saturated heterocycles. The fourth-order valence-electron chi connectivity index (χ4n) is 4.45. The minimum Gasteiger partial charge on any atom is -0.497 e. The zero-order chi connectivity index (χ0) is 26.8. The van der Waals surface area contributed by atoms with Crippen LogP contribution < -0.4 is 4.74 Å². The second-order valence-corrected chi connectivity index (χ2v) is 8.04. The van der Waals surface area contributed by atoms with Gasteiger partial charge in [-0.05, 0) is 35.0 Å². The quantitative estimate of drug-likeness (QED) is 0.0998. The van der Waals surface area contributed by atoms with Crippen molar-refractivity contribution in [1.82, 2.24) is 0 Å². The van der Waals surface area contributed by atoms with Gasteiger partial charge < -0.3 is 4.74 Å². The molecule has 0 aliphatic carbocycles. The van der Waals surface area contributed by atoms with E-state index in [0.717, 1.165) is 31.4 Å². The Labute approximate surface area is 202 Å². The molecule has 5 aromatic rings. The smallest absolute Gasteiger partial charge is 0.198 e. The summed E-state index contributed by atoms with van der Waals surface area (Å²) in [6.07, 6.45) is 0. The summed E-state index contributed by atoms with van der Waals surface area (Å²) in [5, 5.41) is -3.08. The van der Waals surface area contributed by atoms with E-state index in [4.69, 9.17) is 4.74 Å². The Morgan fingerprint density at radius 3 is 1.59 bits per heavy atom. The minimum absolute atomic E-state index is 0.299. The van der Waals surface area contributed by atoms with Crippen LogP contribution in [0.4, 0.5) is 39.5 Å². The summed E-state index contributed by atoms with van der Waals surface area (Å²) in [4.78, 5) is 0. The SMILES string of the molecule is COc1cc(F)c(-c2c3cc(F)ccc3c(-c3ccc(F)cc3F)c3c(F)c(F)c(F)c(F)c23)c(F)c1. The van der Waals surface area contributed by atoms with Crippen molar-refractivity contribution in [1.29, 1.82) is 0 Å². The molecule has 0 radical (unpaired) electrons. The van der Waals surface area contributed by atoms with E-state index in [0.29, 0.717) is 24.3 Å². The maximum absolute atomic E-state index is 15.4. The van der Waals surface area contributed by atoms with Gasteiger partial charge in [0, 0.05) is 45.7 Å². The Hall–Kier alpha value is -4.21. The van der Waals surface area contributed by atoms with Gasteiger partial charge in [0.05, 0.1) is 12.7 Å². The Bertz CT molecular complexity index is 1740. The molecule has 0 bridgehead atoms. The summed E-state index contributed by atoms with van der Waals surface area (Å²) in [6.45, 7) is 0. The van der Waals surface area contributed by atoms with Gasteiger partial charge in [0.25, 0.3) is 0 Å². The standard InChI is InChI=1S/C27H11F9O/c1-37-12-8-17(31)21(18(32)9-12)20-15-6-10(28)2-4-13(15)19(14-5-3-11(29)7-16(14)30)22-23(20)25(34)27(36)26(35)24(22)33/h2-9H,1H3. The zero-order valence-corrected chi connectivity index (χ0v) is 18.4. The molecule has 5 aromatic carbocycles. The summed E-state index contributed by atoms with van der Waals surface area (Å²) in [6, 6.07) is 5.87. The molecule has 0 aliphatic rings. The highest BCUT2D eigenvalue weighted by Gasteiger charge is 2.31. The molecule has 0 aliphatic heterocycles. The van der Waals surface area contributed by atoms with Crippen molar-refractivity contribution in [2.24, 2.45) is 0 Å². The highest BCUT2D eigenvalue weighted by atomic mass is 19.2. The molecule has 0 atom stereocenters. The summed E-state index contributed by atoms with van der Waals surface area (Å²) in [7, 11) is 1.10. The van der Waals surface area contributed by atoms with Gasteiger partial charge in [0.2, 0.25) is 0 Å². The van der Waals surface area contributed by atoms with Gasteiger partial charge >= 0.3 is 0 Å². The van der Waals surface area contributed by atoms with Crippen LogP contribution in [-0.2, 0) is 0 Å². The number of methoxy groups -OCH3 is 1. The van der Waals surface area contributed by atoms with Crippen LogP contribution >= 0.6 is 0 Å². The lowest BCUT2D eigenvalue weighted by Crippen LogP contribution is -2.05. The highest BCUT2D eigenvalue weighted by molar-refractivity contribution is 6.21. The molecule has 0 N–H and O–H groups in total. The van der Waals surface area contributed by atoms with E-state index in [9.17, 15) is 22.0 Å². The summed E-state index contributed by atoms with van der Waals surface area (Å²) < 4.78 is 138. The van der Waals surface area contributed by atoms with E-state index < -0.39 is 90.8 Å². The van der Waals surface area contributed by atoms with Crippen LogP contribution in [0.1, 0.15) is 0 Å². The molecular formula is C27H11F9O. The first kappa shape index (κ1) is 24.5. The zero-order valence-electron chi connectivity index (χ0n) is 18.4. The van der Waals surface area contributed by atoms with Gasteiger partial charge in [0.1, 0.15) is 34.8 Å². The van der Waals surface area contributed by atoms with Crippen molar-refractivity contribution in [3.8, 4) is 28.0 Å².